The van der Waals surface area contributed by atoms with Crippen LogP contribution in [0.1, 0.15) is 55.1 Å². The number of hydrogen-bond donors (Lipinski definition) is 0. The van der Waals surface area contributed by atoms with Gasteiger partial charge in [0, 0.05) is 22.4 Å². The number of aryl methyl sites for hydroxylation is 2. The molecular weight excluding hydrogens is 346 g/mol. The average Bonchev–Trinajstić information content (AvgIpc) is 2.59. The number of ether oxygens (including phenoxy) is 1. The van der Waals surface area contributed by atoms with Crippen molar-refractivity contribution >= 4 is 7.53 Å². The van der Waals surface area contributed by atoms with Gasteiger partial charge in [0.25, 0.3) is 0 Å². The smallest absolute Gasteiger partial charge is 0.172 e. The summed E-state index contributed by atoms with van der Waals surface area (Å²) < 4.78 is 18.7. The van der Waals surface area contributed by atoms with E-state index in [4.69, 9.17) is 4.74 Å². The molecule has 1 aromatic carbocycles. The van der Waals surface area contributed by atoms with Gasteiger partial charge in [-0.05, 0) is 54.5 Å². The second-order valence-corrected chi connectivity index (χ2v) is 10.7. The first-order valence-electron chi connectivity index (χ1n) is 9.31. The summed E-state index contributed by atoms with van der Waals surface area (Å²) in [6.45, 7) is 11.9. The molecule has 0 bridgehead atoms. The lowest BCUT2D eigenvalue weighted by Crippen LogP contribution is -2.21. The summed E-state index contributed by atoms with van der Waals surface area (Å²) in [5, 5.41) is 1.50. The molecule has 0 spiro atoms. The minimum Gasteiger partial charge on any atom is -0.488 e. The fraction of sp³-hybridized carbons (Fsp3) is 0.500. The van der Waals surface area contributed by atoms with E-state index in [0.29, 0.717) is 17.9 Å². The zero-order chi connectivity index (χ0) is 18.9. The van der Waals surface area contributed by atoms with Crippen molar-refractivity contribution in [1.29, 1.82) is 0 Å². The van der Waals surface area contributed by atoms with Gasteiger partial charge in [-0.2, -0.15) is 0 Å². The first-order valence-corrected chi connectivity index (χ1v) is 11.2. The molecule has 2 nitrogen and oxygen atoms in total. The normalized spacial score (nSPS) is 17.5. The van der Waals surface area contributed by atoms with Crippen molar-refractivity contribution in [3.63, 3.8) is 0 Å². The number of fused-ring (bicyclic) bond motifs is 1. The molecule has 3 rings (SSSR count). The van der Waals surface area contributed by atoms with Crippen molar-refractivity contribution in [2.24, 2.45) is 12.1 Å². The van der Waals surface area contributed by atoms with Crippen molar-refractivity contribution in [3.05, 3.63) is 52.0 Å². The Morgan fingerprint density at radius 2 is 2.04 bits per heavy atom. The third-order valence-corrected chi connectivity index (χ3v) is 7.13. The largest absolute Gasteiger partial charge is 0.488 e. The molecule has 4 heteroatoms. The van der Waals surface area contributed by atoms with E-state index in [-0.39, 0.29) is 13.3 Å². The lowest BCUT2D eigenvalue weighted by molar-refractivity contribution is -0.00630. The second-order valence-electron chi connectivity index (χ2n) is 8.60. The van der Waals surface area contributed by atoms with E-state index in [0.717, 1.165) is 24.2 Å². The Morgan fingerprint density at radius 1 is 1.27 bits per heavy atom. The van der Waals surface area contributed by atoms with E-state index in [1.54, 1.807) is 12.1 Å². The van der Waals surface area contributed by atoms with Crippen LogP contribution in [-0.2, 0) is 19.5 Å². The van der Waals surface area contributed by atoms with Gasteiger partial charge in [-0.3, -0.25) is 4.94 Å². The number of halogens is 1. The van der Waals surface area contributed by atoms with E-state index in [1.807, 2.05) is 13.0 Å². The van der Waals surface area contributed by atoms with Gasteiger partial charge < -0.3 is 4.74 Å². The molecule has 26 heavy (non-hydrogen) atoms. The molecule has 0 N–H and O–H groups in total. The second kappa shape index (κ2) is 7.56. The topological polar surface area (TPSA) is 18.5 Å². The van der Waals surface area contributed by atoms with Gasteiger partial charge in [-0.25, -0.2) is 0 Å². The van der Waals surface area contributed by atoms with Gasteiger partial charge >= 0.3 is 0 Å². The van der Waals surface area contributed by atoms with Crippen molar-refractivity contribution in [2.45, 2.75) is 52.9 Å². The third kappa shape index (κ3) is 4.20. The van der Waals surface area contributed by atoms with Crippen LogP contribution in [0, 0.1) is 12.3 Å². The summed E-state index contributed by atoms with van der Waals surface area (Å²) in [7, 11) is -0.238. The van der Waals surface area contributed by atoms with Crippen LogP contribution in [0.15, 0.2) is 30.1 Å². The highest BCUT2D eigenvalue weighted by Gasteiger charge is 2.29. The molecule has 140 valence electrons. The zero-order valence-corrected chi connectivity index (χ0v) is 17.3. The molecule has 0 saturated heterocycles. The molecule has 0 aliphatic carbocycles. The first kappa shape index (κ1) is 19.2. The Kier molecular flexibility index (Phi) is 5.58. The Hall–Kier alpha value is -1.60. The molecular formula is C22H29FO2P+. The quantitative estimate of drug-likeness (QED) is 0.588. The van der Waals surface area contributed by atoms with Gasteiger partial charge in [0.1, 0.15) is 20.0 Å². The summed E-state index contributed by atoms with van der Waals surface area (Å²) >= 11 is 0. The highest BCUT2D eigenvalue weighted by Crippen LogP contribution is 2.45. The van der Waals surface area contributed by atoms with Crippen LogP contribution in [0.2, 0.25) is 0 Å². The summed E-state index contributed by atoms with van der Waals surface area (Å²) in [5.74, 6) is 4.08. The molecule has 2 aromatic rings. The molecule has 1 aliphatic heterocycles. The van der Waals surface area contributed by atoms with Crippen LogP contribution in [0.3, 0.4) is 0 Å². The van der Waals surface area contributed by atoms with E-state index >= 15 is 0 Å². The van der Waals surface area contributed by atoms with Crippen molar-refractivity contribution in [3.8, 4) is 11.5 Å². The van der Waals surface area contributed by atoms with Crippen LogP contribution in [-0.4, -0.2) is 6.61 Å². The van der Waals surface area contributed by atoms with E-state index in [2.05, 4.69) is 44.2 Å². The molecule has 2 unspecified atom stereocenters. The maximum absolute atomic E-state index is 12.4. The summed E-state index contributed by atoms with van der Waals surface area (Å²) in [4.78, 5) is 3.85. The minimum atomic E-state index is -0.238. The van der Waals surface area contributed by atoms with E-state index < -0.39 is 0 Å². The lowest BCUT2D eigenvalue weighted by atomic mass is 9.87. The molecule has 0 radical (unpaired) electrons. The SMILES string of the molecule is Cc1cc(OF)ccc1C1COc2c(cc[p+](C)c2CCC(C)(C)C)C1. The molecule has 1 aliphatic rings. The maximum atomic E-state index is 12.4. The molecule has 2 atom stereocenters. The Bertz CT molecular complexity index is 795. The highest BCUT2D eigenvalue weighted by molar-refractivity contribution is 7.48. The van der Waals surface area contributed by atoms with Crippen LogP contribution in [0.25, 0.3) is 0 Å². The zero-order valence-electron chi connectivity index (χ0n) is 16.4. The van der Waals surface area contributed by atoms with Crippen molar-refractivity contribution < 1.29 is 14.2 Å². The van der Waals surface area contributed by atoms with Crippen LogP contribution < -0.4 is 9.68 Å². The molecule has 0 fully saturated rings. The summed E-state index contributed by atoms with van der Waals surface area (Å²) in [6, 6.07) is 7.67. The lowest BCUT2D eigenvalue weighted by Gasteiger charge is -2.27. The third-order valence-electron chi connectivity index (χ3n) is 5.26. The Morgan fingerprint density at radius 3 is 2.69 bits per heavy atom. The maximum Gasteiger partial charge on any atom is 0.172 e. The fourth-order valence-corrected chi connectivity index (χ4v) is 5.27. The van der Waals surface area contributed by atoms with E-state index in [1.165, 1.54) is 22.8 Å². The predicted molar refractivity (Wildman–Crippen MR) is 107 cm³/mol. The number of benzene rings is 1. The van der Waals surface area contributed by atoms with Crippen molar-refractivity contribution in [1.82, 2.24) is 0 Å². The number of rotatable bonds is 4. The van der Waals surface area contributed by atoms with Gasteiger partial charge in [0.2, 0.25) is 0 Å². The fourth-order valence-electron chi connectivity index (χ4n) is 3.70. The van der Waals surface area contributed by atoms with Gasteiger partial charge in [0.15, 0.2) is 16.8 Å². The summed E-state index contributed by atoms with van der Waals surface area (Å²) in [5.41, 5.74) is 3.91. The van der Waals surface area contributed by atoms with Crippen LogP contribution >= 0.6 is 7.53 Å². The predicted octanol–water partition coefficient (Wildman–Crippen LogP) is 6.76. The highest BCUT2D eigenvalue weighted by atomic mass is 31.1. The van der Waals surface area contributed by atoms with Crippen LogP contribution in [0.5, 0.6) is 11.5 Å². The summed E-state index contributed by atoms with van der Waals surface area (Å²) in [6.07, 6.45) is 3.27. The van der Waals surface area contributed by atoms with Gasteiger partial charge in [0.05, 0.1) is 6.61 Å². The first-order chi connectivity index (χ1) is 12.3. The Balaban J connectivity index is 1.85. The Labute approximate surface area is 157 Å². The van der Waals surface area contributed by atoms with Gasteiger partial charge in [-0.1, -0.05) is 26.8 Å². The standard InChI is InChI=1S/C22H29FO2P/c1-15-12-18(25-23)6-7-19(15)17-13-16-9-11-26(5)20(21(16)24-14-17)8-10-22(2,3)4/h6-7,9,11-12,17H,8,10,13-14H2,1-5H3/q+1. The molecule has 1 aromatic heterocycles. The average molecular weight is 375 g/mol. The molecule has 0 saturated carbocycles. The number of hydrogen-bond acceptors (Lipinski definition) is 2. The molecule has 0 amide bonds. The monoisotopic (exact) mass is 375 g/mol. The molecule has 2 heterocycles. The minimum absolute atomic E-state index is 0.238. The van der Waals surface area contributed by atoms with Crippen molar-refractivity contribution in [2.75, 3.05) is 6.61 Å². The van der Waals surface area contributed by atoms with Gasteiger partial charge in [-0.15, -0.1) is 0 Å². The van der Waals surface area contributed by atoms with Crippen LogP contribution in [0.4, 0.5) is 4.53 Å². The van der Waals surface area contributed by atoms with E-state index in [9.17, 15) is 4.53 Å².